The number of benzene rings is 3. The molecule has 3 aromatic carbocycles. The van der Waals surface area contributed by atoms with Crippen molar-refractivity contribution < 1.29 is 27.9 Å². The Hall–Kier alpha value is -4.02. The molecule has 0 saturated carbocycles. The molecule has 3 atom stereocenters. The first-order valence-electron chi connectivity index (χ1n) is 14.6. The molecule has 0 unspecified atom stereocenters. The number of para-hydroxylation sites is 1. The highest BCUT2D eigenvalue weighted by Gasteiger charge is 2.35. The summed E-state index contributed by atoms with van der Waals surface area (Å²) in [6.45, 7) is 9.68. The van der Waals surface area contributed by atoms with Crippen LogP contribution >= 0.6 is 7.75 Å². The fourth-order valence-corrected chi connectivity index (χ4v) is 6.73. The van der Waals surface area contributed by atoms with Crippen LogP contribution in [0.1, 0.15) is 40.4 Å². The number of ether oxygens (including phenoxy) is 2. The van der Waals surface area contributed by atoms with Gasteiger partial charge in [0, 0.05) is 17.4 Å². The molecule has 0 aliphatic heterocycles. The summed E-state index contributed by atoms with van der Waals surface area (Å²) in [6, 6.07) is 19.7. The molecule has 2 aromatic heterocycles. The average molecular weight is 620 g/mol. The number of hydrogen-bond donors (Lipinski definition) is 2. The third-order valence-electron chi connectivity index (χ3n) is 6.91. The number of carbonyl (C=O) groups is 1. The van der Waals surface area contributed by atoms with Crippen molar-refractivity contribution in [3.8, 4) is 5.75 Å². The van der Waals surface area contributed by atoms with E-state index < -0.39 is 25.9 Å². The van der Waals surface area contributed by atoms with E-state index in [0.29, 0.717) is 29.5 Å². The Bertz CT molecular complexity index is 1840. The van der Waals surface area contributed by atoms with Gasteiger partial charge in [-0.05, 0) is 52.1 Å². The minimum absolute atomic E-state index is 0.224. The van der Waals surface area contributed by atoms with Gasteiger partial charge in [0.1, 0.15) is 29.7 Å². The number of nitrogens with two attached hydrogens (primary N) is 1. The van der Waals surface area contributed by atoms with Gasteiger partial charge in [0.15, 0.2) is 5.82 Å². The van der Waals surface area contributed by atoms with Crippen LogP contribution in [-0.2, 0) is 36.5 Å². The van der Waals surface area contributed by atoms with E-state index in [-0.39, 0.29) is 19.3 Å². The first kappa shape index (κ1) is 31.4. The molecule has 0 radical (unpaired) electrons. The van der Waals surface area contributed by atoms with Crippen molar-refractivity contribution in [1.29, 1.82) is 0 Å². The topological polar surface area (TPSA) is 140 Å². The number of nitrogen functional groups attached to an aromatic ring is 1. The smallest absolute Gasteiger partial charge is 0.459 e. The molecular weight excluding hydrogens is 581 g/mol. The number of rotatable bonds is 13. The van der Waals surface area contributed by atoms with Gasteiger partial charge in [-0.15, -0.1) is 0 Å². The molecule has 44 heavy (non-hydrogen) atoms. The Kier molecular flexibility index (Phi) is 9.51. The fraction of sp³-hybridized carbons (Fsp3) is 0.344. The zero-order valence-corrected chi connectivity index (χ0v) is 26.4. The van der Waals surface area contributed by atoms with Crippen LogP contribution < -0.4 is 15.3 Å². The van der Waals surface area contributed by atoms with Crippen molar-refractivity contribution in [1.82, 2.24) is 19.6 Å². The maximum atomic E-state index is 14.5. The van der Waals surface area contributed by atoms with Gasteiger partial charge >= 0.3 is 13.7 Å². The fourth-order valence-electron chi connectivity index (χ4n) is 5.04. The summed E-state index contributed by atoms with van der Waals surface area (Å²) in [7, 11) is -4.18. The van der Waals surface area contributed by atoms with Crippen LogP contribution in [0.15, 0.2) is 66.7 Å². The molecule has 3 N–H and O–H groups in total. The van der Waals surface area contributed by atoms with Crippen LogP contribution in [-0.4, -0.2) is 45.4 Å². The van der Waals surface area contributed by atoms with Gasteiger partial charge in [-0.25, -0.2) is 14.5 Å². The number of imidazole rings is 1. The first-order chi connectivity index (χ1) is 21.1. The maximum absolute atomic E-state index is 14.5. The molecule has 2 heterocycles. The van der Waals surface area contributed by atoms with Crippen LogP contribution in [0, 0.1) is 0 Å². The third kappa shape index (κ3) is 6.87. The number of nitrogens with one attached hydrogen (secondary N) is 1. The van der Waals surface area contributed by atoms with Gasteiger partial charge in [0.05, 0.1) is 29.8 Å². The van der Waals surface area contributed by atoms with Crippen LogP contribution in [0.2, 0.25) is 0 Å². The van der Waals surface area contributed by atoms with Crippen molar-refractivity contribution in [2.24, 2.45) is 0 Å². The number of pyridine rings is 1. The molecule has 0 saturated heterocycles. The second kappa shape index (κ2) is 13.3. The number of carbonyl (C=O) groups excluding carboxylic acids is 1. The van der Waals surface area contributed by atoms with E-state index in [1.54, 1.807) is 33.8 Å². The van der Waals surface area contributed by atoms with E-state index in [2.05, 4.69) is 10.1 Å². The molecule has 5 rings (SSSR count). The molecule has 11 nitrogen and oxygen atoms in total. The molecule has 232 valence electrons. The monoisotopic (exact) mass is 619 g/mol. The largest absolute Gasteiger partial charge is 0.462 e. The average Bonchev–Trinajstić information content (AvgIpc) is 3.34. The second-order valence-corrected chi connectivity index (χ2v) is 12.5. The Morgan fingerprint density at radius 3 is 2.43 bits per heavy atom. The van der Waals surface area contributed by atoms with Gasteiger partial charge in [0.2, 0.25) is 0 Å². The predicted octanol–water partition coefficient (Wildman–Crippen LogP) is 6.38. The van der Waals surface area contributed by atoms with Gasteiger partial charge in [-0.3, -0.25) is 9.32 Å². The van der Waals surface area contributed by atoms with Crippen LogP contribution in [0.4, 0.5) is 5.82 Å². The zero-order chi connectivity index (χ0) is 31.4. The predicted molar refractivity (Wildman–Crippen MR) is 171 cm³/mol. The zero-order valence-electron chi connectivity index (χ0n) is 25.5. The summed E-state index contributed by atoms with van der Waals surface area (Å²) in [5, 5.41) is 5.32. The van der Waals surface area contributed by atoms with Crippen molar-refractivity contribution in [3.63, 3.8) is 0 Å². The molecule has 0 fully saturated rings. The second-order valence-electron chi connectivity index (χ2n) is 10.8. The Morgan fingerprint density at radius 2 is 1.68 bits per heavy atom. The number of anilines is 1. The maximum Gasteiger partial charge on any atom is 0.459 e. The van der Waals surface area contributed by atoms with Crippen LogP contribution in [0.25, 0.3) is 32.7 Å². The lowest BCUT2D eigenvalue weighted by atomic mass is 10.1. The number of esters is 1. The number of nitrogens with zero attached hydrogens (tertiary/aromatic N) is 3. The summed E-state index contributed by atoms with van der Waals surface area (Å²) < 4.78 is 39.9. The third-order valence-corrected chi connectivity index (χ3v) is 8.69. The lowest BCUT2D eigenvalue weighted by molar-refractivity contribution is -0.149. The lowest BCUT2D eigenvalue weighted by Crippen LogP contribution is -2.37. The van der Waals surface area contributed by atoms with E-state index in [1.165, 1.54) is 0 Å². The highest BCUT2D eigenvalue weighted by atomic mass is 31.2. The highest BCUT2D eigenvalue weighted by Crippen LogP contribution is 2.48. The molecule has 0 aliphatic carbocycles. The summed E-state index contributed by atoms with van der Waals surface area (Å²) in [6.07, 6.45) is -1.04. The van der Waals surface area contributed by atoms with E-state index in [1.807, 2.05) is 72.2 Å². The van der Waals surface area contributed by atoms with E-state index in [0.717, 1.165) is 27.2 Å². The molecule has 0 bridgehead atoms. The van der Waals surface area contributed by atoms with Crippen molar-refractivity contribution in [2.75, 3.05) is 12.3 Å². The number of aromatic nitrogens is 3. The van der Waals surface area contributed by atoms with Crippen LogP contribution in [0.5, 0.6) is 5.75 Å². The SMILES string of the molecule is CCOCc1nc2c(N)nc3ccccc3c2n1C[C@H](C)O[P@](=O)(N[C@@H](C)C(=O)OC(C)C)Oc1cccc2ccccc12. The lowest BCUT2D eigenvalue weighted by Gasteiger charge is -2.27. The summed E-state index contributed by atoms with van der Waals surface area (Å²) in [5.74, 6) is 0.694. The standard InChI is InChI=1S/C32H38N5O6P/c1-6-40-19-28-35-29-30(25-15-9-10-16-26(25)34-31(29)33)37(28)18-21(4)42-44(39,36-22(5)32(38)41-20(2)3)43-27-17-11-13-23-12-7-8-14-24(23)27/h7-17,20-22H,6,18-19H2,1-5H3,(H2,33,34)(H,36,39)/t21-,22-,44+/m0/s1. The molecule has 0 spiro atoms. The molecule has 12 heteroatoms. The molecule has 0 amide bonds. The van der Waals surface area contributed by atoms with Crippen molar-refractivity contribution in [2.45, 2.75) is 66.0 Å². The van der Waals surface area contributed by atoms with E-state index in [9.17, 15) is 9.36 Å². The van der Waals surface area contributed by atoms with Gasteiger partial charge in [-0.1, -0.05) is 54.6 Å². The highest BCUT2D eigenvalue weighted by molar-refractivity contribution is 7.52. The minimum Gasteiger partial charge on any atom is -0.462 e. The summed E-state index contributed by atoms with van der Waals surface area (Å²) >= 11 is 0. The van der Waals surface area contributed by atoms with Crippen molar-refractivity contribution >= 4 is 52.2 Å². The molecule has 5 aromatic rings. The van der Waals surface area contributed by atoms with Crippen LogP contribution in [0.3, 0.4) is 0 Å². The van der Waals surface area contributed by atoms with Gasteiger partial charge in [0.25, 0.3) is 0 Å². The number of fused-ring (bicyclic) bond motifs is 4. The quantitative estimate of drug-likeness (QED) is 0.113. The molecule has 0 aliphatic rings. The van der Waals surface area contributed by atoms with Crippen molar-refractivity contribution in [3.05, 3.63) is 72.6 Å². The van der Waals surface area contributed by atoms with E-state index in [4.69, 9.17) is 29.2 Å². The number of hydrogen-bond acceptors (Lipinski definition) is 9. The van der Waals surface area contributed by atoms with Gasteiger partial charge in [-0.2, -0.15) is 5.09 Å². The van der Waals surface area contributed by atoms with E-state index >= 15 is 0 Å². The molecular formula is C32H38N5O6P. The minimum atomic E-state index is -4.18. The first-order valence-corrected chi connectivity index (χ1v) is 16.2. The Balaban J connectivity index is 1.52. The summed E-state index contributed by atoms with van der Waals surface area (Å²) in [4.78, 5) is 22.0. The van der Waals surface area contributed by atoms with Gasteiger partial charge < -0.3 is 24.3 Å². The Morgan fingerprint density at radius 1 is 0.977 bits per heavy atom. The summed E-state index contributed by atoms with van der Waals surface area (Å²) in [5.41, 5.74) is 8.37. The normalized spacial score (nSPS) is 14.6. The Labute approximate surface area is 256 Å².